The van der Waals surface area contributed by atoms with Crippen LogP contribution in [-0.2, 0) is 15.6 Å². The highest BCUT2D eigenvalue weighted by atomic mass is 32.2. The molecule has 2 atom stereocenters. The Morgan fingerprint density at radius 1 is 0.741 bits per heavy atom. The molecule has 0 aliphatic carbocycles. The lowest BCUT2D eigenvalue weighted by Crippen LogP contribution is -2.41. The minimum absolute atomic E-state index is 0.232. The molecule has 0 N–H and O–H groups in total. The van der Waals surface area contributed by atoms with Crippen LogP contribution in [0.25, 0.3) is 0 Å². The molecular formula is C24H44O2S. The summed E-state index contributed by atoms with van der Waals surface area (Å²) in [5, 5.41) is 0.663. The fourth-order valence-electron chi connectivity index (χ4n) is 5.02. The molecule has 0 saturated carbocycles. The quantitative estimate of drug-likeness (QED) is 0.276. The number of carbonyl (C=O) groups is 1. The van der Waals surface area contributed by atoms with Gasteiger partial charge in [0.15, 0.2) is 0 Å². The van der Waals surface area contributed by atoms with E-state index in [0.717, 1.165) is 38.5 Å². The number of rotatable bonds is 15. The first-order valence-corrected chi connectivity index (χ1v) is 13.4. The van der Waals surface area contributed by atoms with Crippen LogP contribution >= 0.6 is 0 Å². The number of fused-ring (bicyclic) bond motifs is 2. The number of carbonyl (C=O) groups excluding carboxylic acids is 1. The summed E-state index contributed by atoms with van der Waals surface area (Å²) < 4.78 is 12.3. The van der Waals surface area contributed by atoms with Gasteiger partial charge in [0.1, 0.15) is 5.78 Å². The summed E-state index contributed by atoms with van der Waals surface area (Å²) in [7, 11) is -0.642. The van der Waals surface area contributed by atoms with Crippen LogP contribution in [0.2, 0.25) is 0 Å². The van der Waals surface area contributed by atoms with E-state index in [9.17, 15) is 9.00 Å². The van der Waals surface area contributed by atoms with Crippen molar-refractivity contribution in [1.82, 2.24) is 0 Å². The average molecular weight is 397 g/mol. The van der Waals surface area contributed by atoms with Gasteiger partial charge in [-0.05, 0) is 32.1 Å². The molecule has 2 rings (SSSR count). The summed E-state index contributed by atoms with van der Waals surface area (Å²) in [5.41, 5.74) is 0. The van der Waals surface area contributed by atoms with Crippen molar-refractivity contribution < 1.29 is 9.00 Å². The zero-order valence-electron chi connectivity index (χ0n) is 17.9. The number of unbranched alkanes of at least 4 members (excludes halogenated alkanes) is 12. The van der Waals surface area contributed by atoms with Crippen molar-refractivity contribution in [2.45, 2.75) is 139 Å². The maximum absolute atomic E-state index is 12.5. The van der Waals surface area contributed by atoms with Crippen molar-refractivity contribution in [2.75, 3.05) is 0 Å². The van der Waals surface area contributed by atoms with Crippen molar-refractivity contribution in [1.29, 1.82) is 0 Å². The second-order valence-corrected chi connectivity index (χ2v) is 11.1. The number of ketones is 1. The molecule has 2 aliphatic heterocycles. The van der Waals surface area contributed by atoms with Crippen molar-refractivity contribution in [3.8, 4) is 0 Å². The van der Waals surface area contributed by atoms with Gasteiger partial charge in [-0.1, -0.05) is 90.4 Å². The molecule has 27 heavy (non-hydrogen) atoms. The van der Waals surface area contributed by atoms with E-state index < -0.39 is 10.8 Å². The fourth-order valence-corrected chi connectivity index (χ4v) is 7.20. The van der Waals surface area contributed by atoms with E-state index in [-0.39, 0.29) is 5.92 Å². The molecule has 2 fully saturated rings. The van der Waals surface area contributed by atoms with Crippen LogP contribution in [0, 0.1) is 5.92 Å². The van der Waals surface area contributed by atoms with Crippen molar-refractivity contribution in [2.24, 2.45) is 5.92 Å². The molecule has 0 aromatic heterocycles. The fraction of sp³-hybridized carbons (Fsp3) is 0.958. The van der Waals surface area contributed by atoms with Gasteiger partial charge in [0.05, 0.1) is 0 Å². The molecule has 0 amide bonds. The van der Waals surface area contributed by atoms with Crippen LogP contribution in [-0.4, -0.2) is 20.5 Å². The van der Waals surface area contributed by atoms with E-state index in [1.54, 1.807) is 0 Å². The minimum Gasteiger partial charge on any atom is -0.299 e. The van der Waals surface area contributed by atoms with Crippen LogP contribution in [0.15, 0.2) is 0 Å². The maximum Gasteiger partial charge on any atom is 0.136 e. The summed E-state index contributed by atoms with van der Waals surface area (Å²) >= 11 is 0. The average Bonchev–Trinajstić information content (AvgIpc) is 2.65. The first-order valence-electron chi connectivity index (χ1n) is 12.1. The summed E-state index contributed by atoms with van der Waals surface area (Å²) in [6.45, 7) is 2.28. The smallest absolute Gasteiger partial charge is 0.136 e. The molecule has 2 heterocycles. The summed E-state index contributed by atoms with van der Waals surface area (Å²) in [5.74, 6) is 0.710. The largest absolute Gasteiger partial charge is 0.299 e. The molecule has 0 aromatic rings. The Bertz CT molecular complexity index is 418. The molecule has 158 valence electrons. The van der Waals surface area contributed by atoms with Crippen LogP contribution in [0.1, 0.15) is 129 Å². The van der Waals surface area contributed by atoms with Gasteiger partial charge >= 0.3 is 0 Å². The molecule has 2 saturated heterocycles. The zero-order chi connectivity index (χ0) is 19.3. The van der Waals surface area contributed by atoms with E-state index >= 15 is 0 Å². The molecule has 2 nitrogen and oxygen atoms in total. The molecule has 3 heteroatoms. The molecule has 2 unspecified atom stereocenters. The minimum atomic E-state index is -0.642. The molecule has 2 bridgehead atoms. The van der Waals surface area contributed by atoms with Gasteiger partial charge in [0.2, 0.25) is 0 Å². The highest BCUT2D eigenvalue weighted by Gasteiger charge is 2.39. The van der Waals surface area contributed by atoms with Gasteiger partial charge in [-0.25, -0.2) is 0 Å². The third-order valence-corrected chi connectivity index (χ3v) is 8.96. The highest BCUT2D eigenvalue weighted by Crippen LogP contribution is 2.37. The van der Waals surface area contributed by atoms with Crippen molar-refractivity contribution in [3.63, 3.8) is 0 Å². The molecular weight excluding hydrogens is 352 g/mol. The lowest BCUT2D eigenvalue weighted by atomic mass is 9.85. The van der Waals surface area contributed by atoms with Crippen LogP contribution in [0.5, 0.6) is 0 Å². The lowest BCUT2D eigenvalue weighted by molar-refractivity contribution is -0.123. The third kappa shape index (κ3) is 8.79. The molecule has 0 aromatic carbocycles. The van der Waals surface area contributed by atoms with E-state index in [1.165, 1.54) is 83.5 Å². The summed E-state index contributed by atoms with van der Waals surface area (Å²) in [6, 6.07) is 0. The lowest BCUT2D eigenvalue weighted by Gasteiger charge is -2.37. The number of Topliss-reactive ketones (excluding diaryl/α,β-unsaturated/α-hetero) is 1. The molecule has 2 aliphatic rings. The van der Waals surface area contributed by atoms with Crippen molar-refractivity contribution in [3.05, 3.63) is 0 Å². The Morgan fingerprint density at radius 3 is 1.67 bits per heavy atom. The van der Waals surface area contributed by atoms with Crippen LogP contribution in [0.3, 0.4) is 0 Å². The first-order chi connectivity index (χ1) is 13.2. The van der Waals surface area contributed by atoms with Crippen LogP contribution < -0.4 is 0 Å². The monoisotopic (exact) mass is 396 g/mol. The molecule has 0 spiro atoms. The van der Waals surface area contributed by atoms with E-state index in [2.05, 4.69) is 6.92 Å². The Kier molecular flexibility index (Phi) is 11.9. The second-order valence-electron chi connectivity index (χ2n) is 9.13. The zero-order valence-corrected chi connectivity index (χ0v) is 18.7. The summed E-state index contributed by atoms with van der Waals surface area (Å²) in [4.78, 5) is 12.5. The highest BCUT2D eigenvalue weighted by molar-refractivity contribution is 7.86. The van der Waals surface area contributed by atoms with Gasteiger partial charge in [-0.2, -0.15) is 0 Å². The third-order valence-electron chi connectivity index (χ3n) is 6.79. The van der Waals surface area contributed by atoms with Gasteiger partial charge in [0, 0.05) is 33.6 Å². The number of hydrogen-bond acceptors (Lipinski definition) is 2. The molecule has 0 radical (unpaired) electrons. The van der Waals surface area contributed by atoms with E-state index in [1.807, 2.05) is 0 Å². The maximum atomic E-state index is 12.5. The van der Waals surface area contributed by atoms with Gasteiger partial charge in [-0.15, -0.1) is 0 Å². The number of hydrogen-bond donors (Lipinski definition) is 0. The first kappa shape index (κ1) is 23.1. The normalized spacial score (nSPS) is 27.6. The van der Waals surface area contributed by atoms with E-state index in [4.69, 9.17) is 0 Å². The van der Waals surface area contributed by atoms with E-state index in [0.29, 0.717) is 16.3 Å². The Morgan fingerprint density at radius 2 is 1.19 bits per heavy atom. The van der Waals surface area contributed by atoms with Gasteiger partial charge in [0.25, 0.3) is 0 Å². The van der Waals surface area contributed by atoms with Crippen LogP contribution in [0.4, 0.5) is 0 Å². The Labute approximate surface area is 171 Å². The van der Waals surface area contributed by atoms with Gasteiger partial charge in [-0.3, -0.25) is 9.00 Å². The predicted molar refractivity (Wildman–Crippen MR) is 118 cm³/mol. The van der Waals surface area contributed by atoms with Crippen molar-refractivity contribution >= 4 is 16.6 Å². The SMILES string of the molecule is CCCCCCCCCCCCCCCC(=O)C1CC2CCCC(C1)S2=O. The standard InChI is InChI=1S/C24H44O2S/c1-2-3-4-5-6-7-8-9-10-11-12-13-14-18-24(25)21-19-22-16-15-17-23(20-21)27(22)26/h21-23H,2-20H2,1H3. The van der Waals surface area contributed by atoms with Gasteiger partial charge < -0.3 is 0 Å². The topological polar surface area (TPSA) is 34.1 Å². The summed E-state index contributed by atoms with van der Waals surface area (Å²) in [6.07, 6.45) is 23.6. The predicted octanol–water partition coefficient (Wildman–Crippen LogP) is 7.12. The Hall–Kier alpha value is -0.180. The Balaban J connectivity index is 1.40. The second kappa shape index (κ2) is 13.9.